The molecule has 0 fully saturated rings. The lowest BCUT2D eigenvalue weighted by Crippen LogP contribution is -2.40. The minimum atomic E-state index is -1.11. The Kier molecular flexibility index (Phi) is 3.50. The summed E-state index contributed by atoms with van der Waals surface area (Å²) in [6.45, 7) is 0. The summed E-state index contributed by atoms with van der Waals surface area (Å²) in [5.41, 5.74) is -2.22. The van der Waals surface area contributed by atoms with Crippen LogP contribution in [0, 0.1) is 0 Å². The molecule has 0 amide bonds. The average molecular weight is 273 g/mol. The molecule has 0 aromatic carbocycles. The lowest BCUT2D eigenvalue weighted by molar-refractivity contribution is -0.0104. The van der Waals surface area contributed by atoms with Crippen molar-refractivity contribution < 1.29 is 10.2 Å². The molecular formula is C13H14Cl2O2. The smallest absolute Gasteiger partial charge is 0.0909 e. The number of hydrogen-bond acceptors (Lipinski definition) is 2. The monoisotopic (exact) mass is 272 g/mol. The van der Waals surface area contributed by atoms with E-state index in [1.165, 1.54) is 0 Å². The van der Waals surface area contributed by atoms with E-state index in [9.17, 15) is 10.2 Å². The van der Waals surface area contributed by atoms with Crippen molar-refractivity contribution in [1.29, 1.82) is 0 Å². The molecule has 0 aromatic rings. The van der Waals surface area contributed by atoms with Gasteiger partial charge in [0.2, 0.25) is 0 Å². The molecule has 0 radical (unpaired) electrons. The third-order valence-corrected chi connectivity index (χ3v) is 3.39. The lowest BCUT2D eigenvalue weighted by Gasteiger charge is -2.35. The Morgan fingerprint density at radius 3 is 1.71 bits per heavy atom. The van der Waals surface area contributed by atoms with Crippen LogP contribution in [0.4, 0.5) is 0 Å². The molecule has 0 saturated carbocycles. The van der Waals surface area contributed by atoms with Crippen molar-refractivity contribution in [2.75, 3.05) is 0 Å². The highest BCUT2D eigenvalue weighted by Gasteiger charge is 2.37. The number of halogens is 2. The number of aliphatic hydroxyl groups is 2. The third-order valence-electron chi connectivity index (χ3n) is 2.92. The summed E-state index contributed by atoms with van der Waals surface area (Å²) in [5, 5.41) is 21.7. The molecular weight excluding hydrogens is 259 g/mol. The van der Waals surface area contributed by atoms with Gasteiger partial charge in [-0.15, -0.1) is 0 Å². The van der Waals surface area contributed by atoms with Crippen LogP contribution in [0.25, 0.3) is 0 Å². The van der Waals surface area contributed by atoms with Gasteiger partial charge >= 0.3 is 0 Å². The fourth-order valence-electron chi connectivity index (χ4n) is 2.26. The molecule has 92 valence electrons. The Hall–Kier alpha value is -0.540. The van der Waals surface area contributed by atoms with Crippen molar-refractivity contribution in [2.24, 2.45) is 0 Å². The van der Waals surface area contributed by atoms with Crippen molar-refractivity contribution in [3.05, 3.63) is 46.5 Å². The standard InChI is InChI=1S/C13H14Cl2O2/c14-10-3-1-5-12(16,7-10)9-13(17)6-2-4-11(15)8-13/h1-4,7-8,16-17H,5-6,9H2/t12-,13-/m1/s1. The summed E-state index contributed by atoms with van der Waals surface area (Å²) < 4.78 is 0. The normalized spacial score (nSPS) is 36.7. The Morgan fingerprint density at radius 1 is 0.941 bits per heavy atom. The van der Waals surface area contributed by atoms with Gasteiger partial charge in [0.05, 0.1) is 11.2 Å². The Balaban J connectivity index is 2.16. The molecule has 2 rings (SSSR count). The van der Waals surface area contributed by atoms with Gasteiger partial charge in [-0.2, -0.15) is 0 Å². The maximum atomic E-state index is 10.4. The fourth-order valence-corrected chi connectivity index (χ4v) is 2.84. The largest absolute Gasteiger partial charge is 0.385 e. The van der Waals surface area contributed by atoms with E-state index in [1.54, 1.807) is 36.5 Å². The first kappa shape index (κ1) is 12.9. The minimum Gasteiger partial charge on any atom is -0.385 e. The van der Waals surface area contributed by atoms with Gasteiger partial charge in [-0.3, -0.25) is 0 Å². The molecule has 2 N–H and O–H groups in total. The van der Waals surface area contributed by atoms with Crippen LogP contribution in [0.5, 0.6) is 0 Å². The molecule has 0 spiro atoms. The highest BCUT2D eigenvalue weighted by molar-refractivity contribution is 6.31. The summed E-state index contributed by atoms with van der Waals surface area (Å²) in [7, 11) is 0. The van der Waals surface area contributed by atoms with Crippen molar-refractivity contribution >= 4 is 23.2 Å². The predicted molar refractivity (Wildman–Crippen MR) is 69.9 cm³/mol. The van der Waals surface area contributed by atoms with E-state index in [2.05, 4.69) is 0 Å². The SMILES string of the molecule is O[C@@]1(C[C@]2(O)C=C(Cl)C=CC2)C=C(Cl)C=CC1. The summed E-state index contributed by atoms with van der Waals surface area (Å²) in [6, 6.07) is 0. The van der Waals surface area contributed by atoms with Crippen molar-refractivity contribution in [2.45, 2.75) is 30.5 Å². The molecule has 4 heteroatoms. The third kappa shape index (κ3) is 3.23. The number of allylic oxidation sites excluding steroid dienone is 4. The van der Waals surface area contributed by atoms with Crippen LogP contribution in [0.3, 0.4) is 0 Å². The topological polar surface area (TPSA) is 40.5 Å². The molecule has 0 bridgehead atoms. The molecule has 17 heavy (non-hydrogen) atoms. The van der Waals surface area contributed by atoms with Crippen molar-refractivity contribution in [1.82, 2.24) is 0 Å². The molecule has 2 atom stereocenters. The van der Waals surface area contributed by atoms with E-state index in [0.29, 0.717) is 22.9 Å². The molecule has 2 aliphatic carbocycles. The zero-order valence-electron chi connectivity index (χ0n) is 9.24. The first-order chi connectivity index (χ1) is 7.91. The molecule has 2 aliphatic rings. The quantitative estimate of drug-likeness (QED) is 0.812. The van der Waals surface area contributed by atoms with E-state index in [1.807, 2.05) is 0 Å². The zero-order chi connectivity index (χ0) is 12.5. The van der Waals surface area contributed by atoms with Gasteiger partial charge in [0.1, 0.15) is 0 Å². The van der Waals surface area contributed by atoms with E-state index >= 15 is 0 Å². The first-order valence-electron chi connectivity index (χ1n) is 5.45. The first-order valence-corrected chi connectivity index (χ1v) is 6.21. The van der Waals surface area contributed by atoms with Gasteiger partial charge in [-0.25, -0.2) is 0 Å². The number of rotatable bonds is 2. The molecule has 0 aromatic heterocycles. The van der Waals surface area contributed by atoms with Gasteiger partial charge in [0.25, 0.3) is 0 Å². The highest BCUT2D eigenvalue weighted by atomic mass is 35.5. The van der Waals surface area contributed by atoms with Crippen LogP contribution < -0.4 is 0 Å². The molecule has 0 heterocycles. The van der Waals surface area contributed by atoms with Crippen LogP contribution in [0.2, 0.25) is 0 Å². The zero-order valence-corrected chi connectivity index (χ0v) is 10.7. The Labute approximate surface area is 111 Å². The van der Waals surface area contributed by atoms with Gasteiger partial charge in [0.15, 0.2) is 0 Å². The fraction of sp³-hybridized carbons (Fsp3) is 0.385. The van der Waals surface area contributed by atoms with Crippen LogP contribution >= 0.6 is 23.2 Å². The Morgan fingerprint density at radius 2 is 1.35 bits per heavy atom. The van der Waals surface area contributed by atoms with Gasteiger partial charge in [0, 0.05) is 16.5 Å². The van der Waals surface area contributed by atoms with Crippen LogP contribution in [0.15, 0.2) is 46.5 Å². The van der Waals surface area contributed by atoms with Crippen molar-refractivity contribution in [3.63, 3.8) is 0 Å². The van der Waals surface area contributed by atoms with E-state index in [4.69, 9.17) is 23.2 Å². The van der Waals surface area contributed by atoms with Crippen LogP contribution in [-0.4, -0.2) is 21.4 Å². The minimum absolute atomic E-state index is 0.182. The van der Waals surface area contributed by atoms with Crippen LogP contribution in [-0.2, 0) is 0 Å². The van der Waals surface area contributed by atoms with E-state index < -0.39 is 11.2 Å². The number of hydrogen-bond donors (Lipinski definition) is 2. The van der Waals surface area contributed by atoms with Gasteiger partial charge in [-0.1, -0.05) is 35.4 Å². The maximum absolute atomic E-state index is 10.4. The van der Waals surface area contributed by atoms with E-state index in [0.717, 1.165) is 0 Å². The lowest BCUT2D eigenvalue weighted by atomic mass is 9.80. The van der Waals surface area contributed by atoms with E-state index in [-0.39, 0.29) is 6.42 Å². The van der Waals surface area contributed by atoms with Gasteiger partial charge in [-0.05, 0) is 37.1 Å². The van der Waals surface area contributed by atoms with Gasteiger partial charge < -0.3 is 10.2 Å². The molecule has 0 aliphatic heterocycles. The molecule has 0 saturated heterocycles. The van der Waals surface area contributed by atoms with Crippen LogP contribution in [0.1, 0.15) is 19.3 Å². The summed E-state index contributed by atoms with van der Waals surface area (Å²) in [6.07, 6.45) is 11.3. The second-order valence-corrected chi connectivity index (χ2v) is 5.53. The second-order valence-electron chi connectivity index (χ2n) is 4.66. The summed E-state index contributed by atoms with van der Waals surface area (Å²) in [4.78, 5) is 0. The maximum Gasteiger partial charge on any atom is 0.0909 e. The highest BCUT2D eigenvalue weighted by Crippen LogP contribution is 2.36. The summed E-state index contributed by atoms with van der Waals surface area (Å²) in [5.74, 6) is 0. The molecule has 0 unspecified atom stereocenters. The van der Waals surface area contributed by atoms with Crippen molar-refractivity contribution in [3.8, 4) is 0 Å². The summed E-state index contributed by atoms with van der Waals surface area (Å²) >= 11 is 11.7. The molecule has 2 nitrogen and oxygen atoms in total. The average Bonchev–Trinajstić information content (AvgIpc) is 2.14. The predicted octanol–water partition coefficient (Wildman–Crippen LogP) is 3.00. The Bertz CT molecular complexity index is 397. The second kappa shape index (κ2) is 4.62.